The number of anilines is 1. The summed E-state index contributed by atoms with van der Waals surface area (Å²) in [4.78, 5) is 15.8. The normalized spacial score (nSPS) is 12.1. The molecule has 1 heterocycles. The highest BCUT2D eigenvalue weighted by Crippen LogP contribution is 2.14. The third-order valence-electron chi connectivity index (χ3n) is 2.65. The summed E-state index contributed by atoms with van der Waals surface area (Å²) >= 11 is 0. The summed E-state index contributed by atoms with van der Waals surface area (Å²) in [7, 11) is 0. The van der Waals surface area contributed by atoms with E-state index in [0.717, 1.165) is 4.80 Å². The van der Waals surface area contributed by atoms with Crippen LogP contribution in [-0.2, 0) is 0 Å². The van der Waals surface area contributed by atoms with Gasteiger partial charge in [-0.05, 0) is 18.2 Å². The van der Waals surface area contributed by atoms with Crippen LogP contribution >= 0.6 is 0 Å². The van der Waals surface area contributed by atoms with Gasteiger partial charge in [-0.15, -0.1) is 9.90 Å². The maximum Gasteiger partial charge on any atom is 0.408 e. The molecule has 24 heavy (non-hydrogen) atoms. The lowest BCUT2D eigenvalue weighted by molar-refractivity contribution is -0.118. The molecule has 0 aliphatic heterocycles. The van der Waals surface area contributed by atoms with E-state index in [2.05, 4.69) is 20.5 Å². The number of carbonyl (C=O) groups is 1. The second kappa shape index (κ2) is 6.95. The molecule has 1 aromatic heterocycles. The SMILES string of the molecule is NNC(=O)c1cccc(-n2ncc(NC(N)=NCC(F)(F)F)n2)c1. The van der Waals surface area contributed by atoms with Crippen molar-refractivity contribution in [3.63, 3.8) is 0 Å². The smallest absolute Gasteiger partial charge is 0.370 e. The van der Waals surface area contributed by atoms with Crippen molar-refractivity contribution in [2.24, 2.45) is 16.6 Å². The second-order valence-corrected chi connectivity index (χ2v) is 4.48. The van der Waals surface area contributed by atoms with Gasteiger partial charge in [-0.1, -0.05) is 6.07 Å². The predicted octanol–water partition coefficient (Wildman–Crippen LogP) is 0.160. The van der Waals surface area contributed by atoms with E-state index >= 15 is 0 Å². The molecule has 2 rings (SSSR count). The summed E-state index contributed by atoms with van der Waals surface area (Å²) in [5, 5.41) is 10.3. The molecular formula is C12H13F3N8O. The number of nitrogens with zero attached hydrogens (tertiary/aromatic N) is 4. The number of halogens is 3. The quantitative estimate of drug-likeness (QED) is 0.205. The van der Waals surface area contributed by atoms with Crippen LogP contribution in [0.4, 0.5) is 19.0 Å². The molecule has 128 valence electrons. The summed E-state index contributed by atoms with van der Waals surface area (Å²) in [6.45, 7) is -1.41. The van der Waals surface area contributed by atoms with Gasteiger partial charge in [-0.25, -0.2) is 10.8 Å². The van der Waals surface area contributed by atoms with E-state index in [-0.39, 0.29) is 11.4 Å². The molecule has 9 nitrogen and oxygen atoms in total. The lowest BCUT2D eigenvalue weighted by atomic mass is 10.2. The van der Waals surface area contributed by atoms with Crippen molar-refractivity contribution in [1.29, 1.82) is 0 Å². The molecule has 0 radical (unpaired) electrons. The van der Waals surface area contributed by atoms with Gasteiger partial charge in [-0.3, -0.25) is 10.2 Å². The molecule has 0 fully saturated rings. The molecule has 0 bridgehead atoms. The van der Waals surface area contributed by atoms with E-state index in [4.69, 9.17) is 11.6 Å². The summed E-state index contributed by atoms with van der Waals surface area (Å²) in [6.07, 6.45) is -3.21. The van der Waals surface area contributed by atoms with Crippen LogP contribution in [0, 0.1) is 0 Å². The van der Waals surface area contributed by atoms with Gasteiger partial charge in [0.05, 0.1) is 11.9 Å². The second-order valence-electron chi connectivity index (χ2n) is 4.48. The minimum Gasteiger partial charge on any atom is -0.370 e. The summed E-state index contributed by atoms with van der Waals surface area (Å²) < 4.78 is 36.1. The average molecular weight is 342 g/mol. The molecule has 0 saturated carbocycles. The maximum absolute atomic E-state index is 12.0. The highest BCUT2D eigenvalue weighted by Gasteiger charge is 2.26. The van der Waals surface area contributed by atoms with Gasteiger partial charge in [0.15, 0.2) is 11.8 Å². The Morgan fingerprint density at radius 1 is 1.38 bits per heavy atom. The largest absolute Gasteiger partial charge is 0.408 e. The topological polar surface area (TPSA) is 136 Å². The van der Waals surface area contributed by atoms with E-state index in [0.29, 0.717) is 5.69 Å². The fraction of sp³-hybridized carbons (Fsp3) is 0.167. The molecule has 0 atom stereocenters. The highest BCUT2D eigenvalue weighted by molar-refractivity contribution is 5.94. The first kappa shape index (κ1) is 17.2. The van der Waals surface area contributed by atoms with Crippen LogP contribution in [0.15, 0.2) is 35.5 Å². The van der Waals surface area contributed by atoms with Gasteiger partial charge in [0.1, 0.15) is 6.54 Å². The molecule has 0 aliphatic carbocycles. The van der Waals surface area contributed by atoms with E-state index in [1.54, 1.807) is 12.1 Å². The first-order valence-corrected chi connectivity index (χ1v) is 6.46. The minimum absolute atomic E-state index is 0.0899. The zero-order valence-corrected chi connectivity index (χ0v) is 12.1. The number of hydrogen-bond donors (Lipinski definition) is 4. The zero-order chi connectivity index (χ0) is 17.7. The molecule has 0 aliphatic rings. The van der Waals surface area contributed by atoms with Crippen LogP contribution in [0.2, 0.25) is 0 Å². The molecule has 0 spiro atoms. The molecule has 2 aromatic rings. The molecule has 6 N–H and O–H groups in total. The number of alkyl halides is 3. The van der Waals surface area contributed by atoms with Crippen LogP contribution in [-0.4, -0.2) is 39.6 Å². The number of nitrogen functional groups attached to an aromatic ring is 1. The summed E-state index contributed by atoms with van der Waals surface area (Å²) in [6, 6.07) is 6.23. The Morgan fingerprint density at radius 3 is 2.79 bits per heavy atom. The fourth-order valence-corrected chi connectivity index (χ4v) is 1.65. The van der Waals surface area contributed by atoms with Gasteiger partial charge in [0.25, 0.3) is 5.91 Å². The number of hydrogen-bond acceptors (Lipinski definition) is 5. The third-order valence-corrected chi connectivity index (χ3v) is 2.65. The zero-order valence-electron chi connectivity index (χ0n) is 12.1. The lowest BCUT2D eigenvalue weighted by Gasteiger charge is -2.04. The molecular weight excluding hydrogens is 329 g/mol. The van der Waals surface area contributed by atoms with Gasteiger partial charge >= 0.3 is 6.18 Å². The van der Waals surface area contributed by atoms with Gasteiger partial charge in [0, 0.05) is 5.56 Å². The first-order valence-electron chi connectivity index (χ1n) is 6.46. The molecule has 0 saturated heterocycles. The number of aromatic nitrogens is 3. The van der Waals surface area contributed by atoms with Crippen molar-refractivity contribution in [3.05, 3.63) is 36.0 Å². The van der Waals surface area contributed by atoms with Gasteiger partial charge in [-0.2, -0.15) is 18.3 Å². The van der Waals surface area contributed by atoms with E-state index in [1.165, 1.54) is 18.3 Å². The highest BCUT2D eigenvalue weighted by atomic mass is 19.4. The number of hydrazine groups is 1. The third kappa shape index (κ3) is 4.67. The Morgan fingerprint density at radius 2 is 2.12 bits per heavy atom. The number of aliphatic imine (C=N–C) groups is 1. The molecule has 12 heteroatoms. The van der Waals surface area contributed by atoms with Crippen molar-refractivity contribution in [1.82, 2.24) is 20.4 Å². The first-order chi connectivity index (χ1) is 11.3. The molecule has 1 amide bonds. The minimum atomic E-state index is -4.45. The van der Waals surface area contributed by atoms with Crippen molar-refractivity contribution < 1.29 is 18.0 Å². The number of carbonyl (C=O) groups excluding carboxylic acids is 1. The fourth-order valence-electron chi connectivity index (χ4n) is 1.65. The Hall–Kier alpha value is -3.15. The number of benzene rings is 1. The molecule has 0 unspecified atom stereocenters. The van der Waals surface area contributed by atoms with E-state index < -0.39 is 24.6 Å². The van der Waals surface area contributed by atoms with Crippen molar-refractivity contribution in [2.75, 3.05) is 11.9 Å². The average Bonchev–Trinajstić information content (AvgIpc) is 3.00. The van der Waals surface area contributed by atoms with Gasteiger partial charge in [0.2, 0.25) is 0 Å². The number of amides is 1. The monoisotopic (exact) mass is 342 g/mol. The van der Waals surface area contributed by atoms with Crippen LogP contribution in [0.1, 0.15) is 10.4 Å². The summed E-state index contributed by atoms with van der Waals surface area (Å²) in [5.41, 5.74) is 8.05. The molecule has 1 aromatic carbocycles. The number of rotatable bonds is 4. The predicted molar refractivity (Wildman–Crippen MR) is 79.2 cm³/mol. The Balaban J connectivity index is 2.12. The Labute approximate surface area is 133 Å². The number of nitrogens with one attached hydrogen (secondary N) is 2. The van der Waals surface area contributed by atoms with Crippen molar-refractivity contribution in [2.45, 2.75) is 6.18 Å². The van der Waals surface area contributed by atoms with Crippen LogP contribution < -0.4 is 22.3 Å². The van der Waals surface area contributed by atoms with Crippen molar-refractivity contribution >= 4 is 17.7 Å². The summed E-state index contributed by atoms with van der Waals surface area (Å²) in [5.74, 6) is 4.20. The van der Waals surface area contributed by atoms with Crippen molar-refractivity contribution in [3.8, 4) is 5.69 Å². The van der Waals surface area contributed by atoms with Gasteiger partial charge < -0.3 is 11.1 Å². The Kier molecular flexibility index (Phi) is 4.99. The number of nitrogens with two attached hydrogens (primary N) is 2. The van der Waals surface area contributed by atoms with E-state index in [9.17, 15) is 18.0 Å². The van der Waals surface area contributed by atoms with E-state index in [1.807, 2.05) is 5.43 Å². The van der Waals surface area contributed by atoms with Crippen LogP contribution in [0.25, 0.3) is 5.69 Å². The number of guanidine groups is 1. The maximum atomic E-state index is 12.0. The Bertz CT molecular complexity index is 755. The van der Waals surface area contributed by atoms with Crippen LogP contribution in [0.3, 0.4) is 0 Å². The van der Waals surface area contributed by atoms with Crippen LogP contribution in [0.5, 0.6) is 0 Å². The standard InChI is InChI=1S/C12H13F3N8O/c13-12(14,15)6-18-11(16)20-9-5-19-23(22-9)8-3-1-2-7(4-8)10(24)21-17/h1-5H,6,17H2,(H,21,24)(H3,16,18,20,22). The lowest BCUT2D eigenvalue weighted by Crippen LogP contribution is -2.30.